The molecule has 1 saturated heterocycles. The fourth-order valence-electron chi connectivity index (χ4n) is 2.01. The van der Waals surface area contributed by atoms with Crippen LogP contribution in [0.3, 0.4) is 0 Å². The number of carbonyl (C=O) groups excluding carboxylic acids is 1. The van der Waals surface area contributed by atoms with E-state index >= 15 is 0 Å². The minimum absolute atomic E-state index is 0.140. The van der Waals surface area contributed by atoms with Crippen LogP contribution in [0.2, 0.25) is 0 Å². The molecule has 0 saturated carbocycles. The molecule has 106 valence electrons. The quantitative estimate of drug-likeness (QED) is 0.850. The van der Waals surface area contributed by atoms with E-state index in [1.165, 1.54) is 0 Å². The standard InChI is InChI=1S/C12H19N3O4/c1-12(5-3-4-6-18-12)11(16)13-7-10-14-9(8-17-2)15-19-10/h3-8H2,1-2H3,(H,13,16)/t12-/m1/s1. The zero-order chi connectivity index (χ0) is 13.7. The van der Waals surface area contributed by atoms with Crippen LogP contribution in [-0.4, -0.2) is 35.4 Å². The van der Waals surface area contributed by atoms with Gasteiger partial charge in [0.1, 0.15) is 12.2 Å². The Labute approximate surface area is 111 Å². The minimum atomic E-state index is -0.742. The molecule has 1 N–H and O–H groups in total. The highest BCUT2D eigenvalue weighted by Gasteiger charge is 2.35. The number of hydrogen-bond donors (Lipinski definition) is 1. The lowest BCUT2D eigenvalue weighted by Crippen LogP contribution is -2.48. The number of ether oxygens (including phenoxy) is 2. The highest BCUT2D eigenvalue weighted by atomic mass is 16.5. The van der Waals surface area contributed by atoms with Crippen molar-refractivity contribution in [2.75, 3.05) is 13.7 Å². The molecule has 7 heteroatoms. The molecular weight excluding hydrogens is 250 g/mol. The third-order valence-electron chi connectivity index (χ3n) is 3.13. The first-order valence-corrected chi connectivity index (χ1v) is 6.37. The van der Waals surface area contributed by atoms with E-state index in [0.717, 1.165) is 19.3 Å². The zero-order valence-corrected chi connectivity index (χ0v) is 11.3. The van der Waals surface area contributed by atoms with Gasteiger partial charge < -0.3 is 19.3 Å². The van der Waals surface area contributed by atoms with Crippen molar-refractivity contribution in [3.8, 4) is 0 Å². The van der Waals surface area contributed by atoms with Gasteiger partial charge in [0.25, 0.3) is 5.91 Å². The van der Waals surface area contributed by atoms with Crippen LogP contribution in [0.25, 0.3) is 0 Å². The van der Waals surface area contributed by atoms with Gasteiger partial charge in [-0.05, 0) is 26.2 Å². The molecule has 0 radical (unpaired) electrons. The minimum Gasteiger partial charge on any atom is -0.377 e. The molecular formula is C12H19N3O4. The molecule has 0 aromatic carbocycles. The molecule has 1 aromatic rings. The van der Waals surface area contributed by atoms with Crippen LogP contribution in [0.15, 0.2) is 4.52 Å². The molecule has 0 spiro atoms. The van der Waals surface area contributed by atoms with Gasteiger partial charge in [0, 0.05) is 13.7 Å². The summed E-state index contributed by atoms with van der Waals surface area (Å²) in [5.74, 6) is 0.686. The monoisotopic (exact) mass is 269 g/mol. The van der Waals surface area contributed by atoms with Gasteiger partial charge in [0.2, 0.25) is 5.89 Å². The first kappa shape index (κ1) is 14.0. The number of rotatable bonds is 5. The van der Waals surface area contributed by atoms with Gasteiger partial charge >= 0.3 is 0 Å². The fourth-order valence-corrected chi connectivity index (χ4v) is 2.01. The average molecular weight is 269 g/mol. The van der Waals surface area contributed by atoms with E-state index in [0.29, 0.717) is 18.3 Å². The topological polar surface area (TPSA) is 86.5 Å². The van der Waals surface area contributed by atoms with Crippen LogP contribution in [0, 0.1) is 0 Å². The van der Waals surface area contributed by atoms with E-state index in [2.05, 4.69) is 15.5 Å². The number of aromatic nitrogens is 2. The van der Waals surface area contributed by atoms with Crippen molar-refractivity contribution < 1.29 is 18.8 Å². The van der Waals surface area contributed by atoms with E-state index < -0.39 is 5.60 Å². The summed E-state index contributed by atoms with van der Waals surface area (Å²) in [6, 6.07) is 0. The van der Waals surface area contributed by atoms with Crippen molar-refractivity contribution in [1.29, 1.82) is 0 Å². The molecule has 1 aliphatic rings. The summed E-state index contributed by atoms with van der Waals surface area (Å²) in [6.07, 6.45) is 2.74. The predicted molar refractivity (Wildman–Crippen MR) is 65.1 cm³/mol. The summed E-state index contributed by atoms with van der Waals surface area (Å²) in [4.78, 5) is 16.2. The Balaban J connectivity index is 1.85. The molecule has 0 bridgehead atoms. The van der Waals surface area contributed by atoms with Crippen LogP contribution in [0.1, 0.15) is 37.9 Å². The molecule has 1 fully saturated rings. The molecule has 19 heavy (non-hydrogen) atoms. The fraction of sp³-hybridized carbons (Fsp3) is 0.750. The Morgan fingerprint density at radius 2 is 2.37 bits per heavy atom. The van der Waals surface area contributed by atoms with Crippen molar-refractivity contribution in [2.24, 2.45) is 0 Å². The maximum absolute atomic E-state index is 12.1. The van der Waals surface area contributed by atoms with Gasteiger partial charge in [-0.25, -0.2) is 0 Å². The van der Waals surface area contributed by atoms with Gasteiger partial charge in [-0.2, -0.15) is 4.98 Å². The van der Waals surface area contributed by atoms with Crippen molar-refractivity contribution in [2.45, 2.75) is 44.9 Å². The van der Waals surface area contributed by atoms with E-state index in [1.807, 2.05) is 6.92 Å². The lowest BCUT2D eigenvalue weighted by molar-refractivity contribution is -0.150. The summed E-state index contributed by atoms with van der Waals surface area (Å²) in [6.45, 7) is 2.93. The Morgan fingerprint density at radius 3 is 3.05 bits per heavy atom. The molecule has 2 rings (SSSR count). The second kappa shape index (κ2) is 6.12. The van der Waals surface area contributed by atoms with E-state index in [1.54, 1.807) is 7.11 Å². The zero-order valence-electron chi connectivity index (χ0n) is 11.3. The normalized spacial score (nSPS) is 23.3. The number of nitrogens with one attached hydrogen (secondary N) is 1. The summed E-state index contributed by atoms with van der Waals surface area (Å²) < 4.78 is 15.4. The number of hydrogen-bond acceptors (Lipinski definition) is 6. The molecule has 1 aromatic heterocycles. The highest BCUT2D eigenvalue weighted by Crippen LogP contribution is 2.24. The van der Waals surface area contributed by atoms with E-state index in [4.69, 9.17) is 14.0 Å². The lowest BCUT2D eigenvalue weighted by atomic mass is 9.95. The molecule has 2 heterocycles. The molecule has 1 aliphatic heterocycles. The van der Waals surface area contributed by atoms with Crippen LogP contribution >= 0.6 is 0 Å². The maximum Gasteiger partial charge on any atom is 0.252 e. The van der Waals surface area contributed by atoms with Crippen molar-refractivity contribution >= 4 is 5.91 Å². The van der Waals surface area contributed by atoms with Crippen molar-refractivity contribution in [3.63, 3.8) is 0 Å². The second-order valence-electron chi connectivity index (χ2n) is 4.76. The first-order valence-electron chi connectivity index (χ1n) is 6.37. The van der Waals surface area contributed by atoms with Gasteiger partial charge in [-0.1, -0.05) is 5.16 Å². The SMILES string of the molecule is COCc1noc(CNC(=O)[C@@]2(C)CCCCO2)n1. The Hall–Kier alpha value is -1.47. The van der Waals surface area contributed by atoms with Crippen molar-refractivity contribution in [3.05, 3.63) is 11.7 Å². The maximum atomic E-state index is 12.1. The largest absolute Gasteiger partial charge is 0.377 e. The van der Waals surface area contributed by atoms with Crippen LogP contribution in [0.4, 0.5) is 0 Å². The summed E-state index contributed by atoms with van der Waals surface area (Å²) in [5, 5.41) is 6.48. The smallest absolute Gasteiger partial charge is 0.252 e. The van der Waals surface area contributed by atoms with Crippen molar-refractivity contribution in [1.82, 2.24) is 15.5 Å². The van der Waals surface area contributed by atoms with Gasteiger partial charge in [0.15, 0.2) is 5.82 Å². The third kappa shape index (κ3) is 3.51. The van der Waals surface area contributed by atoms with Crippen LogP contribution in [-0.2, 0) is 27.4 Å². The lowest BCUT2D eigenvalue weighted by Gasteiger charge is -2.32. The average Bonchev–Trinajstić information content (AvgIpc) is 2.85. The van der Waals surface area contributed by atoms with Gasteiger partial charge in [-0.3, -0.25) is 4.79 Å². The van der Waals surface area contributed by atoms with Gasteiger partial charge in [-0.15, -0.1) is 0 Å². The highest BCUT2D eigenvalue weighted by molar-refractivity contribution is 5.84. The second-order valence-corrected chi connectivity index (χ2v) is 4.76. The molecule has 1 amide bonds. The Kier molecular flexibility index (Phi) is 4.49. The van der Waals surface area contributed by atoms with E-state index in [-0.39, 0.29) is 19.1 Å². The van der Waals surface area contributed by atoms with Crippen LogP contribution < -0.4 is 5.32 Å². The van der Waals surface area contributed by atoms with Gasteiger partial charge in [0.05, 0.1) is 6.54 Å². The molecule has 0 aliphatic carbocycles. The summed E-state index contributed by atoms with van der Waals surface area (Å²) in [7, 11) is 1.55. The Morgan fingerprint density at radius 1 is 1.53 bits per heavy atom. The first-order chi connectivity index (χ1) is 9.14. The number of carbonyl (C=O) groups is 1. The van der Waals surface area contributed by atoms with Crippen LogP contribution in [0.5, 0.6) is 0 Å². The number of nitrogens with zero attached hydrogens (tertiary/aromatic N) is 2. The Bertz CT molecular complexity index is 426. The summed E-state index contributed by atoms with van der Waals surface area (Å²) >= 11 is 0. The number of amides is 1. The predicted octanol–water partition coefficient (Wildman–Crippen LogP) is 0.791. The third-order valence-corrected chi connectivity index (χ3v) is 3.13. The summed E-state index contributed by atoms with van der Waals surface area (Å²) in [5.41, 5.74) is -0.742. The number of methoxy groups -OCH3 is 1. The molecule has 7 nitrogen and oxygen atoms in total. The van der Waals surface area contributed by atoms with E-state index in [9.17, 15) is 4.79 Å². The molecule has 1 atom stereocenters. The molecule has 0 unspecified atom stereocenters.